The van der Waals surface area contributed by atoms with E-state index in [-0.39, 0.29) is 5.91 Å². The molecule has 0 atom stereocenters. The summed E-state index contributed by atoms with van der Waals surface area (Å²) in [6.07, 6.45) is 1.68. The van der Waals surface area contributed by atoms with Gasteiger partial charge in [-0.3, -0.25) is 9.78 Å². The van der Waals surface area contributed by atoms with Crippen LogP contribution < -0.4 is 5.32 Å². The second kappa shape index (κ2) is 3.87. The van der Waals surface area contributed by atoms with Gasteiger partial charge in [0.1, 0.15) is 0 Å². The maximum Gasteiger partial charge on any atom is 0.221 e. The van der Waals surface area contributed by atoms with Crippen molar-refractivity contribution in [1.82, 2.24) is 4.98 Å². The molecule has 2 rings (SSSR count). The Kier molecular flexibility index (Phi) is 2.56. The summed E-state index contributed by atoms with van der Waals surface area (Å²) in [7, 11) is 0. The van der Waals surface area contributed by atoms with E-state index in [4.69, 9.17) is 11.6 Å². The molecule has 1 amide bonds. The van der Waals surface area contributed by atoms with Crippen LogP contribution >= 0.6 is 11.6 Å². The third-order valence-corrected chi connectivity index (χ3v) is 2.20. The minimum atomic E-state index is -0.135. The van der Waals surface area contributed by atoms with Crippen LogP contribution in [0.25, 0.3) is 10.9 Å². The number of benzene rings is 1. The van der Waals surface area contributed by atoms with Gasteiger partial charge in [0.25, 0.3) is 0 Å². The molecule has 1 aromatic carbocycles. The molecule has 0 unspecified atom stereocenters. The average molecular weight is 221 g/mol. The lowest BCUT2D eigenvalue weighted by Gasteiger charge is -2.06. The van der Waals surface area contributed by atoms with Crippen LogP contribution in [0, 0.1) is 0 Å². The predicted molar refractivity (Wildman–Crippen MR) is 61.1 cm³/mol. The van der Waals surface area contributed by atoms with Crippen LogP contribution in [-0.4, -0.2) is 10.9 Å². The number of hydrogen-bond donors (Lipinski definition) is 1. The largest absolute Gasteiger partial charge is 0.324 e. The summed E-state index contributed by atoms with van der Waals surface area (Å²) < 4.78 is 0. The minimum absolute atomic E-state index is 0.135. The number of halogens is 1. The third-order valence-electron chi connectivity index (χ3n) is 1.98. The topological polar surface area (TPSA) is 42.0 Å². The van der Waals surface area contributed by atoms with Crippen LogP contribution in [0.15, 0.2) is 30.5 Å². The van der Waals surface area contributed by atoms with Crippen LogP contribution in [0.2, 0.25) is 5.02 Å². The fraction of sp³-hybridized carbons (Fsp3) is 0.0909. The van der Waals surface area contributed by atoms with E-state index in [1.807, 2.05) is 18.2 Å². The van der Waals surface area contributed by atoms with Gasteiger partial charge in [-0.05, 0) is 18.2 Å². The van der Waals surface area contributed by atoms with Crippen molar-refractivity contribution in [2.24, 2.45) is 0 Å². The van der Waals surface area contributed by atoms with Gasteiger partial charge in [0, 0.05) is 23.5 Å². The average Bonchev–Trinajstić information content (AvgIpc) is 2.16. The summed E-state index contributed by atoms with van der Waals surface area (Å²) in [5, 5.41) is 4.20. The zero-order valence-corrected chi connectivity index (χ0v) is 8.88. The summed E-state index contributed by atoms with van der Waals surface area (Å²) in [5.74, 6) is -0.135. The quantitative estimate of drug-likeness (QED) is 0.803. The van der Waals surface area contributed by atoms with Crippen molar-refractivity contribution < 1.29 is 4.79 Å². The molecule has 0 bridgehead atoms. The number of carbonyl (C=O) groups is 1. The standard InChI is InChI=1S/C11H9ClN2O/c1-7(15)14-10-6-9(12)5-8-3-2-4-13-11(8)10/h2-6H,1H3,(H,14,15). The molecule has 15 heavy (non-hydrogen) atoms. The highest BCUT2D eigenvalue weighted by molar-refractivity contribution is 6.32. The van der Waals surface area contributed by atoms with Gasteiger partial charge in [0.05, 0.1) is 11.2 Å². The highest BCUT2D eigenvalue weighted by Crippen LogP contribution is 2.25. The summed E-state index contributed by atoms with van der Waals surface area (Å²) in [5.41, 5.74) is 1.39. The Labute approximate surface area is 92.1 Å². The van der Waals surface area contributed by atoms with Gasteiger partial charge in [-0.25, -0.2) is 0 Å². The first-order valence-electron chi connectivity index (χ1n) is 4.48. The molecule has 4 heteroatoms. The van der Waals surface area contributed by atoms with Crippen molar-refractivity contribution in [3.8, 4) is 0 Å². The Morgan fingerprint density at radius 3 is 3.00 bits per heavy atom. The van der Waals surface area contributed by atoms with E-state index in [0.29, 0.717) is 10.7 Å². The van der Waals surface area contributed by atoms with Crippen molar-refractivity contribution in [3.05, 3.63) is 35.5 Å². The van der Waals surface area contributed by atoms with Gasteiger partial charge >= 0.3 is 0 Å². The Balaban J connectivity index is 2.65. The number of fused-ring (bicyclic) bond motifs is 1. The van der Waals surface area contributed by atoms with Crippen molar-refractivity contribution in [2.75, 3.05) is 5.32 Å². The monoisotopic (exact) mass is 220 g/mol. The molecule has 0 spiro atoms. The Hall–Kier alpha value is -1.61. The number of carbonyl (C=O) groups excluding carboxylic acids is 1. The first-order chi connectivity index (χ1) is 7.16. The van der Waals surface area contributed by atoms with Crippen molar-refractivity contribution in [1.29, 1.82) is 0 Å². The normalized spacial score (nSPS) is 10.3. The number of aromatic nitrogens is 1. The molecule has 0 saturated heterocycles. The second-order valence-electron chi connectivity index (χ2n) is 3.21. The first kappa shape index (κ1) is 9.93. The fourth-order valence-electron chi connectivity index (χ4n) is 1.44. The molecule has 2 aromatic rings. The predicted octanol–water partition coefficient (Wildman–Crippen LogP) is 2.85. The van der Waals surface area contributed by atoms with Crippen LogP contribution in [-0.2, 0) is 4.79 Å². The minimum Gasteiger partial charge on any atom is -0.324 e. The molecule has 0 aliphatic rings. The Bertz CT molecular complexity index is 525. The SMILES string of the molecule is CC(=O)Nc1cc(Cl)cc2cccnc12. The van der Waals surface area contributed by atoms with Crippen molar-refractivity contribution in [2.45, 2.75) is 6.92 Å². The van der Waals surface area contributed by atoms with Crippen LogP contribution in [0.3, 0.4) is 0 Å². The van der Waals surface area contributed by atoms with Gasteiger partial charge in [-0.1, -0.05) is 17.7 Å². The molecule has 1 heterocycles. The second-order valence-corrected chi connectivity index (χ2v) is 3.65. The summed E-state index contributed by atoms with van der Waals surface area (Å²) in [6, 6.07) is 7.24. The smallest absolute Gasteiger partial charge is 0.221 e. The third kappa shape index (κ3) is 2.07. The molecule has 3 nitrogen and oxygen atoms in total. The maximum atomic E-state index is 11.0. The van der Waals surface area contributed by atoms with Crippen molar-refractivity contribution >= 4 is 34.1 Å². The van der Waals surface area contributed by atoms with Crippen molar-refractivity contribution in [3.63, 3.8) is 0 Å². The van der Waals surface area contributed by atoms with E-state index in [9.17, 15) is 4.79 Å². The van der Waals surface area contributed by atoms with E-state index < -0.39 is 0 Å². The van der Waals surface area contributed by atoms with Gasteiger partial charge in [-0.15, -0.1) is 0 Å². The van der Waals surface area contributed by atoms with E-state index in [1.165, 1.54) is 6.92 Å². The summed E-state index contributed by atoms with van der Waals surface area (Å²) in [6.45, 7) is 1.45. The van der Waals surface area contributed by atoms with E-state index in [0.717, 1.165) is 10.9 Å². The zero-order valence-electron chi connectivity index (χ0n) is 8.12. The van der Waals surface area contributed by atoms with E-state index >= 15 is 0 Å². The molecular formula is C11H9ClN2O. The lowest BCUT2D eigenvalue weighted by Crippen LogP contribution is -2.06. The van der Waals surface area contributed by atoms with Crippen LogP contribution in [0.1, 0.15) is 6.92 Å². The number of amides is 1. The molecule has 0 aliphatic carbocycles. The van der Waals surface area contributed by atoms with Gasteiger partial charge in [0.2, 0.25) is 5.91 Å². The van der Waals surface area contributed by atoms with E-state index in [1.54, 1.807) is 12.3 Å². The number of hydrogen-bond acceptors (Lipinski definition) is 2. The Morgan fingerprint density at radius 2 is 2.27 bits per heavy atom. The van der Waals surface area contributed by atoms with Gasteiger partial charge in [-0.2, -0.15) is 0 Å². The Morgan fingerprint density at radius 1 is 1.47 bits per heavy atom. The van der Waals surface area contributed by atoms with Gasteiger partial charge < -0.3 is 5.32 Å². The lowest BCUT2D eigenvalue weighted by atomic mass is 10.2. The number of anilines is 1. The molecule has 0 fully saturated rings. The highest BCUT2D eigenvalue weighted by Gasteiger charge is 2.05. The van der Waals surface area contributed by atoms with E-state index in [2.05, 4.69) is 10.3 Å². The maximum absolute atomic E-state index is 11.0. The lowest BCUT2D eigenvalue weighted by molar-refractivity contribution is -0.114. The zero-order chi connectivity index (χ0) is 10.8. The van der Waals surface area contributed by atoms with Crippen LogP contribution in [0.5, 0.6) is 0 Å². The van der Waals surface area contributed by atoms with Crippen LogP contribution in [0.4, 0.5) is 5.69 Å². The highest BCUT2D eigenvalue weighted by atomic mass is 35.5. The molecule has 0 radical (unpaired) electrons. The fourth-order valence-corrected chi connectivity index (χ4v) is 1.67. The number of nitrogens with one attached hydrogen (secondary N) is 1. The molecule has 0 saturated carbocycles. The number of pyridine rings is 1. The number of nitrogens with zero attached hydrogens (tertiary/aromatic N) is 1. The first-order valence-corrected chi connectivity index (χ1v) is 4.86. The molecule has 1 aromatic heterocycles. The number of rotatable bonds is 1. The molecular weight excluding hydrogens is 212 g/mol. The molecule has 76 valence electrons. The molecule has 0 aliphatic heterocycles. The summed E-state index contributed by atoms with van der Waals surface area (Å²) in [4.78, 5) is 15.2. The summed E-state index contributed by atoms with van der Waals surface area (Å²) >= 11 is 5.93. The molecule has 1 N–H and O–H groups in total. The van der Waals surface area contributed by atoms with Gasteiger partial charge in [0.15, 0.2) is 0 Å².